The second kappa shape index (κ2) is 7.63. The van der Waals surface area contributed by atoms with E-state index in [0.29, 0.717) is 13.1 Å². The molecule has 1 aromatic heterocycles. The van der Waals surface area contributed by atoms with Crippen LogP contribution in [0.2, 0.25) is 0 Å². The van der Waals surface area contributed by atoms with Crippen LogP contribution < -0.4 is 10.2 Å². The van der Waals surface area contributed by atoms with Gasteiger partial charge < -0.3 is 15.1 Å². The maximum atomic E-state index is 13.7. The fourth-order valence-electron chi connectivity index (χ4n) is 3.08. The van der Waals surface area contributed by atoms with Gasteiger partial charge in [-0.15, -0.1) is 0 Å². The van der Waals surface area contributed by atoms with Crippen LogP contribution in [0.4, 0.5) is 25.1 Å². The Hall–Kier alpha value is -2.77. The average Bonchev–Trinajstić information content (AvgIpc) is 2.64. The monoisotopic (exact) mass is 361 g/mol. The van der Waals surface area contributed by atoms with Crippen LogP contribution in [-0.4, -0.2) is 47.1 Å². The van der Waals surface area contributed by atoms with Crippen molar-refractivity contribution in [2.24, 2.45) is 0 Å². The summed E-state index contributed by atoms with van der Waals surface area (Å²) in [5.74, 6) is -0.729. The molecule has 1 aliphatic rings. The lowest BCUT2D eigenvalue weighted by atomic mass is 10.0. The number of likely N-dealkylation sites (tertiary alicyclic amines) is 1. The number of para-hydroxylation sites is 1. The molecule has 0 bridgehead atoms. The van der Waals surface area contributed by atoms with E-state index in [1.807, 2.05) is 20.0 Å². The Labute approximate surface area is 150 Å². The Morgan fingerprint density at radius 2 is 1.88 bits per heavy atom. The molecule has 1 fully saturated rings. The minimum absolute atomic E-state index is 0.235. The first kappa shape index (κ1) is 18.0. The fourth-order valence-corrected chi connectivity index (χ4v) is 3.08. The summed E-state index contributed by atoms with van der Waals surface area (Å²) < 4.78 is 27.3. The molecule has 26 heavy (non-hydrogen) atoms. The van der Waals surface area contributed by atoms with Crippen LogP contribution >= 0.6 is 0 Å². The minimum Gasteiger partial charge on any atom is -0.356 e. The van der Waals surface area contributed by atoms with Crippen LogP contribution in [0.5, 0.6) is 0 Å². The highest BCUT2D eigenvalue weighted by molar-refractivity contribution is 5.89. The SMILES string of the molecule is Cc1cc(N(C)C2CCN(C(=O)Nc3c(F)cccc3F)CC2)ncn1. The van der Waals surface area contributed by atoms with Crippen molar-refractivity contribution in [3.8, 4) is 0 Å². The molecule has 0 atom stereocenters. The van der Waals surface area contributed by atoms with Crippen LogP contribution in [0.15, 0.2) is 30.6 Å². The van der Waals surface area contributed by atoms with Gasteiger partial charge in [-0.05, 0) is 31.9 Å². The molecular formula is C18H21F2N5O. The lowest BCUT2D eigenvalue weighted by molar-refractivity contribution is 0.194. The van der Waals surface area contributed by atoms with Gasteiger partial charge in [0.2, 0.25) is 0 Å². The molecular weight excluding hydrogens is 340 g/mol. The highest BCUT2D eigenvalue weighted by Crippen LogP contribution is 2.22. The number of aromatic nitrogens is 2. The summed E-state index contributed by atoms with van der Waals surface area (Å²) in [6.45, 7) is 2.91. The van der Waals surface area contributed by atoms with Crippen molar-refractivity contribution < 1.29 is 13.6 Å². The third kappa shape index (κ3) is 3.89. The van der Waals surface area contributed by atoms with Crippen LogP contribution in [0.25, 0.3) is 0 Å². The molecule has 1 aliphatic heterocycles. The van der Waals surface area contributed by atoms with Gasteiger partial charge in [0.1, 0.15) is 29.5 Å². The standard InChI is InChI=1S/C18H21F2N5O/c1-12-10-16(22-11-21-12)24(2)13-6-8-25(9-7-13)18(26)23-17-14(19)4-3-5-15(17)20/h3-5,10-11,13H,6-9H2,1-2H3,(H,23,26). The number of benzene rings is 1. The van der Waals surface area contributed by atoms with E-state index in [2.05, 4.69) is 20.2 Å². The summed E-state index contributed by atoms with van der Waals surface area (Å²) in [5, 5.41) is 2.33. The van der Waals surface area contributed by atoms with Gasteiger partial charge in [0.15, 0.2) is 0 Å². The molecule has 0 saturated carbocycles. The molecule has 1 saturated heterocycles. The molecule has 2 aromatic rings. The van der Waals surface area contributed by atoms with E-state index in [1.54, 1.807) is 4.90 Å². The first-order chi connectivity index (χ1) is 12.5. The first-order valence-electron chi connectivity index (χ1n) is 8.47. The number of carbonyl (C=O) groups is 1. The number of rotatable bonds is 3. The summed E-state index contributed by atoms with van der Waals surface area (Å²) in [5.41, 5.74) is 0.485. The molecule has 0 radical (unpaired) electrons. The van der Waals surface area contributed by atoms with Crippen molar-refractivity contribution in [3.63, 3.8) is 0 Å². The normalized spacial score (nSPS) is 15.0. The maximum Gasteiger partial charge on any atom is 0.322 e. The highest BCUT2D eigenvalue weighted by Gasteiger charge is 2.27. The molecule has 1 N–H and O–H groups in total. The third-order valence-electron chi connectivity index (χ3n) is 4.64. The van der Waals surface area contributed by atoms with Gasteiger partial charge in [-0.2, -0.15) is 0 Å². The topological polar surface area (TPSA) is 61.4 Å². The largest absolute Gasteiger partial charge is 0.356 e. The first-order valence-corrected chi connectivity index (χ1v) is 8.47. The molecule has 6 nitrogen and oxygen atoms in total. The molecule has 2 amide bonds. The second-order valence-electron chi connectivity index (χ2n) is 6.37. The predicted octanol–water partition coefficient (Wildman–Crippen LogP) is 3.20. The van der Waals surface area contributed by atoms with E-state index < -0.39 is 23.4 Å². The Bertz CT molecular complexity index is 773. The molecule has 0 aliphatic carbocycles. The van der Waals surface area contributed by atoms with Crippen molar-refractivity contribution in [2.75, 3.05) is 30.4 Å². The lowest BCUT2D eigenvalue weighted by Gasteiger charge is -2.37. The molecule has 1 aromatic carbocycles. The third-order valence-corrected chi connectivity index (χ3v) is 4.64. The van der Waals surface area contributed by atoms with E-state index in [1.165, 1.54) is 12.4 Å². The fraction of sp³-hybridized carbons (Fsp3) is 0.389. The van der Waals surface area contributed by atoms with Gasteiger partial charge in [0, 0.05) is 37.9 Å². The number of hydrogen-bond acceptors (Lipinski definition) is 4. The predicted molar refractivity (Wildman–Crippen MR) is 95.1 cm³/mol. The molecule has 3 rings (SSSR count). The lowest BCUT2D eigenvalue weighted by Crippen LogP contribution is -2.47. The van der Waals surface area contributed by atoms with Crippen LogP contribution in [-0.2, 0) is 0 Å². The Balaban J connectivity index is 1.59. The zero-order valence-corrected chi connectivity index (χ0v) is 14.7. The highest BCUT2D eigenvalue weighted by atomic mass is 19.1. The Kier molecular flexibility index (Phi) is 5.29. The minimum atomic E-state index is -0.785. The van der Waals surface area contributed by atoms with E-state index >= 15 is 0 Å². The van der Waals surface area contributed by atoms with E-state index in [9.17, 15) is 13.6 Å². The van der Waals surface area contributed by atoms with E-state index in [-0.39, 0.29) is 6.04 Å². The summed E-state index contributed by atoms with van der Waals surface area (Å²) in [7, 11) is 1.97. The van der Waals surface area contributed by atoms with Crippen molar-refractivity contribution in [1.82, 2.24) is 14.9 Å². The van der Waals surface area contributed by atoms with Crippen molar-refractivity contribution in [1.29, 1.82) is 0 Å². The van der Waals surface area contributed by atoms with E-state index in [4.69, 9.17) is 0 Å². The summed E-state index contributed by atoms with van der Waals surface area (Å²) in [6, 6.07) is 5.15. The zero-order chi connectivity index (χ0) is 18.7. The molecule has 138 valence electrons. The molecule has 0 spiro atoms. The number of nitrogens with zero attached hydrogens (tertiary/aromatic N) is 4. The van der Waals surface area contributed by atoms with Crippen molar-refractivity contribution in [2.45, 2.75) is 25.8 Å². The number of anilines is 2. The molecule has 8 heteroatoms. The van der Waals surface area contributed by atoms with Crippen LogP contribution in [0, 0.1) is 18.6 Å². The second-order valence-corrected chi connectivity index (χ2v) is 6.37. The summed E-state index contributed by atoms with van der Waals surface area (Å²) >= 11 is 0. The number of hydrogen-bond donors (Lipinski definition) is 1. The van der Waals surface area contributed by atoms with Crippen LogP contribution in [0.1, 0.15) is 18.5 Å². The van der Waals surface area contributed by atoms with Gasteiger partial charge in [0.25, 0.3) is 0 Å². The van der Waals surface area contributed by atoms with Gasteiger partial charge in [-0.25, -0.2) is 23.5 Å². The Morgan fingerprint density at radius 3 is 2.50 bits per heavy atom. The molecule has 2 heterocycles. The number of aryl methyl sites for hydroxylation is 1. The van der Waals surface area contributed by atoms with Gasteiger partial charge >= 0.3 is 6.03 Å². The van der Waals surface area contributed by atoms with Crippen molar-refractivity contribution >= 4 is 17.5 Å². The average molecular weight is 361 g/mol. The summed E-state index contributed by atoms with van der Waals surface area (Å²) in [6.07, 6.45) is 3.02. The number of halogens is 2. The van der Waals surface area contributed by atoms with Gasteiger partial charge in [-0.1, -0.05) is 6.07 Å². The van der Waals surface area contributed by atoms with Crippen molar-refractivity contribution in [3.05, 3.63) is 47.9 Å². The van der Waals surface area contributed by atoms with E-state index in [0.717, 1.165) is 36.5 Å². The quantitative estimate of drug-likeness (QED) is 0.912. The number of amides is 2. The Morgan fingerprint density at radius 1 is 1.23 bits per heavy atom. The molecule has 0 unspecified atom stereocenters. The smallest absolute Gasteiger partial charge is 0.322 e. The summed E-state index contributed by atoms with van der Waals surface area (Å²) in [4.78, 5) is 24.3. The number of nitrogens with one attached hydrogen (secondary N) is 1. The maximum absolute atomic E-state index is 13.7. The van der Waals surface area contributed by atoms with Gasteiger partial charge in [0.05, 0.1) is 0 Å². The van der Waals surface area contributed by atoms with Gasteiger partial charge in [-0.3, -0.25) is 0 Å². The zero-order valence-electron chi connectivity index (χ0n) is 14.7. The number of carbonyl (C=O) groups excluding carboxylic acids is 1. The van der Waals surface area contributed by atoms with Crippen LogP contribution in [0.3, 0.4) is 0 Å². The number of piperidine rings is 1. The number of urea groups is 1.